The SMILES string of the molecule is C[C@@H]1CN(C(=O)OC(C)(C)C)C[C@H]1N=[N+]=[N-]. The molecule has 16 heavy (non-hydrogen) atoms. The van der Waals surface area contributed by atoms with E-state index in [-0.39, 0.29) is 18.1 Å². The third-order valence-electron chi connectivity index (χ3n) is 2.42. The van der Waals surface area contributed by atoms with Crippen LogP contribution in [0.15, 0.2) is 5.11 Å². The Morgan fingerprint density at radius 2 is 2.12 bits per heavy atom. The number of azide groups is 1. The zero-order valence-electron chi connectivity index (χ0n) is 10.2. The molecule has 0 radical (unpaired) electrons. The van der Waals surface area contributed by atoms with Crippen LogP contribution in [0.5, 0.6) is 0 Å². The number of rotatable bonds is 1. The smallest absolute Gasteiger partial charge is 0.410 e. The molecule has 0 aromatic rings. The molecule has 0 bridgehead atoms. The first-order chi connectivity index (χ1) is 7.33. The Hall–Kier alpha value is -1.42. The predicted molar refractivity (Wildman–Crippen MR) is 59.9 cm³/mol. The summed E-state index contributed by atoms with van der Waals surface area (Å²) in [6.07, 6.45) is -0.338. The highest BCUT2D eigenvalue weighted by atomic mass is 16.6. The molecule has 0 unspecified atom stereocenters. The van der Waals surface area contributed by atoms with Crippen molar-refractivity contribution in [3.05, 3.63) is 10.4 Å². The summed E-state index contributed by atoms with van der Waals surface area (Å²) in [4.78, 5) is 16.1. The minimum atomic E-state index is -0.489. The fourth-order valence-corrected chi connectivity index (χ4v) is 1.64. The van der Waals surface area contributed by atoms with Crippen molar-refractivity contribution in [2.24, 2.45) is 11.0 Å². The summed E-state index contributed by atoms with van der Waals surface area (Å²) in [5, 5.41) is 3.66. The van der Waals surface area contributed by atoms with Gasteiger partial charge in [-0.3, -0.25) is 0 Å². The highest BCUT2D eigenvalue weighted by Crippen LogP contribution is 2.21. The summed E-state index contributed by atoms with van der Waals surface area (Å²) in [5.74, 6) is 0.184. The molecule has 6 heteroatoms. The average Bonchev–Trinajstić information content (AvgIpc) is 2.46. The molecule has 1 amide bonds. The summed E-state index contributed by atoms with van der Waals surface area (Å²) < 4.78 is 5.25. The Balaban J connectivity index is 2.58. The van der Waals surface area contributed by atoms with Crippen molar-refractivity contribution in [3.63, 3.8) is 0 Å². The van der Waals surface area contributed by atoms with Gasteiger partial charge in [0.1, 0.15) is 5.60 Å². The highest BCUT2D eigenvalue weighted by Gasteiger charge is 2.33. The first-order valence-corrected chi connectivity index (χ1v) is 5.35. The zero-order valence-corrected chi connectivity index (χ0v) is 10.2. The van der Waals surface area contributed by atoms with Gasteiger partial charge in [0, 0.05) is 18.0 Å². The van der Waals surface area contributed by atoms with E-state index in [0.29, 0.717) is 13.1 Å². The van der Waals surface area contributed by atoms with Crippen LogP contribution < -0.4 is 0 Å². The van der Waals surface area contributed by atoms with Crippen LogP contribution in [-0.4, -0.2) is 35.7 Å². The van der Waals surface area contributed by atoms with E-state index < -0.39 is 5.60 Å². The Morgan fingerprint density at radius 3 is 2.62 bits per heavy atom. The van der Waals surface area contributed by atoms with Crippen molar-refractivity contribution in [1.29, 1.82) is 0 Å². The summed E-state index contributed by atoms with van der Waals surface area (Å²) in [6.45, 7) is 8.47. The van der Waals surface area contributed by atoms with Crippen molar-refractivity contribution in [2.75, 3.05) is 13.1 Å². The maximum atomic E-state index is 11.7. The van der Waals surface area contributed by atoms with Gasteiger partial charge in [0.2, 0.25) is 0 Å². The molecule has 90 valence electrons. The lowest BCUT2D eigenvalue weighted by Crippen LogP contribution is -2.35. The molecule has 1 rings (SSSR count). The Labute approximate surface area is 95.2 Å². The van der Waals surface area contributed by atoms with Crippen LogP contribution >= 0.6 is 0 Å². The number of likely N-dealkylation sites (tertiary alicyclic amines) is 1. The number of amides is 1. The fourth-order valence-electron chi connectivity index (χ4n) is 1.64. The van der Waals surface area contributed by atoms with Gasteiger partial charge in [-0.25, -0.2) is 4.79 Å². The van der Waals surface area contributed by atoms with Gasteiger partial charge in [0.15, 0.2) is 0 Å². The van der Waals surface area contributed by atoms with E-state index in [1.54, 1.807) is 4.90 Å². The first kappa shape index (κ1) is 12.6. The lowest BCUT2D eigenvalue weighted by atomic mass is 10.1. The van der Waals surface area contributed by atoms with Gasteiger partial charge in [-0.05, 0) is 32.2 Å². The largest absolute Gasteiger partial charge is 0.444 e. The molecule has 1 saturated heterocycles. The van der Waals surface area contributed by atoms with Crippen LogP contribution in [0, 0.1) is 5.92 Å². The lowest BCUT2D eigenvalue weighted by Gasteiger charge is -2.24. The predicted octanol–water partition coefficient (Wildman–Crippen LogP) is 2.55. The van der Waals surface area contributed by atoms with Crippen molar-refractivity contribution < 1.29 is 9.53 Å². The fraction of sp³-hybridized carbons (Fsp3) is 0.900. The van der Waals surface area contributed by atoms with E-state index in [1.165, 1.54) is 0 Å². The number of hydrogen-bond acceptors (Lipinski definition) is 3. The molecule has 1 heterocycles. The maximum Gasteiger partial charge on any atom is 0.410 e. The van der Waals surface area contributed by atoms with Crippen LogP contribution in [0.25, 0.3) is 10.4 Å². The monoisotopic (exact) mass is 226 g/mol. The molecule has 0 aliphatic carbocycles. The molecule has 2 atom stereocenters. The number of carbonyl (C=O) groups excluding carboxylic acids is 1. The molecule has 0 aromatic carbocycles. The third kappa shape index (κ3) is 3.31. The minimum Gasteiger partial charge on any atom is -0.444 e. The average molecular weight is 226 g/mol. The number of nitrogens with zero attached hydrogens (tertiary/aromatic N) is 4. The van der Waals surface area contributed by atoms with E-state index in [4.69, 9.17) is 10.3 Å². The normalized spacial score (nSPS) is 25.1. The Morgan fingerprint density at radius 1 is 1.50 bits per heavy atom. The van der Waals surface area contributed by atoms with Crippen LogP contribution in [0.2, 0.25) is 0 Å². The van der Waals surface area contributed by atoms with Crippen molar-refractivity contribution in [1.82, 2.24) is 4.90 Å². The molecule has 6 nitrogen and oxygen atoms in total. The number of hydrogen-bond donors (Lipinski definition) is 0. The topological polar surface area (TPSA) is 78.3 Å². The lowest BCUT2D eigenvalue weighted by molar-refractivity contribution is 0.0288. The third-order valence-corrected chi connectivity index (χ3v) is 2.42. The van der Waals surface area contributed by atoms with Crippen molar-refractivity contribution >= 4 is 6.09 Å². The van der Waals surface area contributed by atoms with Gasteiger partial charge in [0.25, 0.3) is 0 Å². The maximum absolute atomic E-state index is 11.7. The first-order valence-electron chi connectivity index (χ1n) is 5.35. The molecule has 1 aliphatic rings. The van der Waals surface area contributed by atoms with Crippen molar-refractivity contribution in [3.8, 4) is 0 Å². The summed E-state index contributed by atoms with van der Waals surface area (Å²) >= 11 is 0. The molecule has 0 N–H and O–H groups in total. The second-order valence-corrected chi connectivity index (χ2v) is 5.13. The van der Waals surface area contributed by atoms with E-state index >= 15 is 0 Å². The highest BCUT2D eigenvalue weighted by molar-refractivity contribution is 5.68. The van der Waals surface area contributed by atoms with Crippen LogP contribution in [0.1, 0.15) is 27.7 Å². The standard InChI is InChI=1S/C10H18N4O2/c1-7-5-14(6-8(7)12-13-11)9(15)16-10(2,3)4/h7-8H,5-6H2,1-4H3/t7-,8-/m1/s1. The second kappa shape index (κ2) is 4.61. The van der Waals surface area contributed by atoms with E-state index in [2.05, 4.69) is 10.0 Å². The zero-order chi connectivity index (χ0) is 12.3. The summed E-state index contributed by atoms with van der Waals surface area (Å²) in [6, 6.07) is -0.141. The van der Waals surface area contributed by atoms with Gasteiger partial charge in [-0.15, -0.1) is 0 Å². The molecule has 0 saturated carbocycles. The minimum absolute atomic E-state index is 0.141. The van der Waals surface area contributed by atoms with Crippen LogP contribution in [0.3, 0.4) is 0 Å². The Bertz CT molecular complexity index is 317. The second-order valence-electron chi connectivity index (χ2n) is 5.13. The summed E-state index contributed by atoms with van der Waals surface area (Å²) in [5.41, 5.74) is 7.89. The molecule has 0 aromatic heterocycles. The molecular weight excluding hydrogens is 208 g/mol. The molecule has 1 fully saturated rings. The van der Waals surface area contributed by atoms with Gasteiger partial charge in [-0.1, -0.05) is 12.0 Å². The van der Waals surface area contributed by atoms with E-state index in [1.807, 2.05) is 27.7 Å². The molecule has 0 spiro atoms. The van der Waals surface area contributed by atoms with E-state index in [9.17, 15) is 4.79 Å². The van der Waals surface area contributed by atoms with Crippen LogP contribution in [0.4, 0.5) is 4.79 Å². The number of ether oxygens (including phenoxy) is 1. The van der Waals surface area contributed by atoms with Gasteiger partial charge < -0.3 is 9.64 Å². The summed E-state index contributed by atoms with van der Waals surface area (Å²) in [7, 11) is 0. The quantitative estimate of drug-likeness (QED) is 0.391. The molecular formula is C10H18N4O2. The van der Waals surface area contributed by atoms with E-state index in [0.717, 1.165) is 0 Å². The molecule has 1 aliphatic heterocycles. The Kier molecular flexibility index (Phi) is 3.65. The number of carbonyl (C=O) groups is 1. The van der Waals surface area contributed by atoms with Gasteiger partial charge >= 0.3 is 6.09 Å². The van der Waals surface area contributed by atoms with Crippen molar-refractivity contribution in [2.45, 2.75) is 39.3 Å². The van der Waals surface area contributed by atoms with Gasteiger partial charge in [0.05, 0.1) is 6.04 Å². The van der Waals surface area contributed by atoms with Crippen LogP contribution in [-0.2, 0) is 4.74 Å². The van der Waals surface area contributed by atoms with Gasteiger partial charge in [-0.2, -0.15) is 0 Å².